The van der Waals surface area contributed by atoms with Gasteiger partial charge in [-0.3, -0.25) is 0 Å². The number of hydrogen-bond acceptors (Lipinski definition) is 7. The monoisotopic (exact) mass is 389 g/mol. The fourth-order valence-corrected chi connectivity index (χ4v) is 4.36. The molecule has 1 N–H and O–H groups in total. The summed E-state index contributed by atoms with van der Waals surface area (Å²) in [5, 5.41) is 3.30. The van der Waals surface area contributed by atoms with Crippen LogP contribution in [0.4, 0.5) is 11.6 Å². The standard InChI is InChI=1S/C19H27N5O2S/c1-16(15-27(2,25)26)22-14-17-6-5-9-21-19(17)24-12-10-23(11-13-24)18-7-3-4-8-20-18/h3-9,16,22H,10-15H2,1-2H3. The van der Waals surface area contributed by atoms with Crippen LogP contribution in [0.1, 0.15) is 12.5 Å². The van der Waals surface area contributed by atoms with E-state index in [1.807, 2.05) is 49.6 Å². The molecule has 8 heteroatoms. The summed E-state index contributed by atoms with van der Waals surface area (Å²) < 4.78 is 22.9. The lowest BCUT2D eigenvalue weighted by Gasteiger charge is -2.36. The van der Waals surface area contributed by atoms with Crippen LogP contribution in [0.5, 0.6) is 0 Å². The number of nitrogens with zero attached hydrogens (tertiary/aromatic N) is 4. The van der Waals surface area contributed by atoms with Gasteiger partial charge in [0.05, 0.1) is 5.75 Å². The van der Waals surface area contributed by atoms with Crippen molar-refractivity contribution in [3.8, 4) is 0 Å². The zero-order valence-corrected chi connectivity index (χ0v) is 16.7. The van der Waals surface area contributed by atoms with Crippen LogP contribution in [-0.4, -0.2) is 62.6 Å². The van der Waals surface area contributed by atoms with E-state index in [1.54, 1.807) is 0 Å². The Bertz CT molecular complexity index is 836. The third-order valence-corrected chi connectivity index (χ3v) is 5.72. The quantitative estimate of drug-likeness (QED) is 0.765. The van der Waals surface area contributed by atoms with Gasteiger partial charge >= 0.3 is 0 Å². The number of hydrogen-bond donors (Lipinski definition) is 1. The number of pyridine rings is 2. The van der Waals surface area contributed by atoms with E-state index in [4.69, 9.17) is 0 Å². The Labute approximate surface area is 161 Å². The van der Waals surface area contributed by atoms with Crippen molar-refractivity contribution < 1.29 is 8.42 Å². The number of nitrogens with one attached hydrogen (secondary N) is 1. The average molecular weight is 390 g/mol. The van der Waals surface area contributed by atoms with Gasteiger partial charge in [0.2, 0.25) is 0 Å². The highest BCUT2D eigenvalue weighted by Gasteiger charge is 2.21. The lowest BCUT2D eigenvalue weighted by Crippen LogP contribution is -2.47. The van der Waals surface area contributed by atoms with Gasteiger partial charge in [-0.1, -0.05) is 12.1 Å². The zero-order chi connectivity index (χ0) is 19.3. The molecule has 0 aliphatic carbocycles. The Balaban J connectivity index is 1.61. The van der Waals surface area contributed by atoms with Crippen molar-refractivity contribution in [1.82, 2.24) is 15.3 Å². The minimum atomic E-state index is -2.99. The van der Waals surface area contributed by atoms with Gasteiger partial charge in [-0.2, -0.15) is 0 Å². The smallest absolute Gasteiger partial charge is 0.148 e. The fourth-order valence-electron chi connectivity index (χ4n) is 3.34. The summed E-state index contributed by atoms with van der Waals surface area (Å²) in [6.45, 7) is 6.03. The molecule has 1 fully saturated rings. The first kappa shape index (κ1) is 19.6. The largest absolute Gasteiger partial charge is 0.353 e. The first-order valence-corrected chi connectivity index (χ1v) is 11.2. The molecule has 0 saturated carbocycles. The van der Waals surface area contributed by atoms with Gasteiger partial charge in [0.25, 0.3) is 0 Å². The number of sulfone groups is 1. The first-order valence-electron chi connectivity index (χ1n) is 9.18. The van der Waals surface area contributed by atoms with E-state index in [2.05, 4.69) is 25.1 Å². The van der Waals surface area contributed by atoms with Crippen LogP contribution in [-0.2, 0) is 16.4 Å². The van der Waals surface area contributed by atoms with Gasteiger partial charge in [0, 0.05) is 63.0 Å². The molecular formula is C19H27N5O2S. The molecule has 1 aliphatic heterocycles. The highest BCUT2D eigenvalue weighted by molar-refractivity contribution is 7.90. The van der Waals surface area contributed by atoms with Crippen molar-refractivity contribution in [3.63, 3.8) is 0 Å². The Morgan fingerprint density at radius 2 is 1.74 bits per heavy atom. The van der Waals surface area contributed by atoms with Gasteiger partial charge in [0.15, 0.2) is 0 Å². The maximum Gasteiger partial charge on any atom is 0.148 e. The van der Waals surface area contributed by atoms with Crippen LogP contribution in [0.25, 0.3) is 0 Å². The molecule has 2 aromatic heterocycles. The van der Waals surface area contributed by atoms with E-state index in [9.17, 15) is 8.42 Å². The van der Waals surface area contributed by atoms with E-state index in [1.165, 1.54) is 6.26 Å². The molecular weight excluding hydrogens is 362 g/mol. The van der Waals surface area contributed by atoms with Crippen LogP contribution in [0.15, 0.2) is 42.7 Å². The second-order valence-corrected chi connectivity index (χ2v) is 9.21. The van der Waals surface area contributed by atoms with Crippen molar-refractivity contribution in [2.45, 2.75) is 19.5 Å². The number of piperazine rings is 1. The van der Waals surface area contributed by atoms with Crippen LogP contribution in [0, 0.1) is 0 Å². The fraction of sp³-hybridized carbons (Fsp3) is 0.474. The average Bonchev–Trinajstić information content (AvgIpc) is 2.66. The molecule has 0 aromatic carbocycles. The van der Waals surface area contributed by atoms with E-state index < -0.39 is 9.84 Å². The maximum atomic E-state index is 11.4. The van der Waals surface area contributed by atoms with Crippen molar-refractivity contribution >= 4 is 21.5 Å². The van der Waals surface area contributed by atoms with Crippen LogP contribution in [0.2, 0.25) is 0 Å². The summed E-state index contributed by atoms with van der Waals surface area (Å²) >= 11 is 0. The minimum absolute atomic E-state index is 0.103. The highest BCUT2D eigenvalue weighted by Crippen LogP contribution is 2.21. The molecule has 0 spiro atoms. The van der Waals surface area contributed by atoms with Gasteiger partial charge in [-0.05, 0) is 25.1 Å². The molecule has 7 nitrogen and oxygen atoms in total. The molecule has 0 amide bonds. The SMILES string of the molecule is CC(CS(C)(=O)=O)NCc1cccnc1N1CCN(c2ccccn2)CC1. The summed E-state index contributed by atoms with van der Waals surface area (Å²) in [5.74, 6) is 2.11. The molecule has 1 unspecified atom stereocenters. The van der Waals surface area contributed by atoms with Gasteiger partial charge in [0.1, 0.15) is 21.5 Å². The van der Waals surface area contributed by atoms with Crippen LogP contribution >= 0.6 is 0 Å². The third kappa shape index (κ3) is 5.64. The molecule has 3 heterocycles. The van der Waals surface area contributed by atoms with E-state index in [-0.39, 0.29) is 11.8 Å². The lowest BCUT2D eigenvalue weighted by molar-refractivity contribution is 0.558. The first-order chi connectivity index (χ1) is 12.9. The maximum absolute atomic E-state index is 11.4. The Morgan fingerprint density at radius 1 is 1.04 bits per heavy atom. The summed E-state index contributed by atoms with van der Waals surface area (Å²) in [5.41, 5.74) is 1.09. The predicted molar refractivity (Wildman–Crippen MR) is 109 cm³/mol. The molecule has 2 aromatic rings. The third-order valence-electron chi connectivity index (χ3n) is 4.61. The molecule has 3 rings (SSSR count). The second kappa shape index (κ2) is 8.67. The number of anilines is 2. The molecule has 1 atom stereocenters. The lowest BCUT2D eigenvalue weighted by atomic mass is 10.2. The topological polar surface area (TPSA) is 78.4 Å². The van der Waals surface area contributed by atoms with E-state index in [0.29, 0.717) is 6.54 Å². The second-order valence-electron chi connectivity index (χ2n) is 7.02. The molecule has 146 valence electrons. The normalized spacial score (nSPS) is 16.4. The van der Waals surface area contributed by atoms with E-state index >= 15 is 0 Å². The Kier molecular flexibility index (Phi) is 6.28. The number of rotatable bonds is 7. The van der Waals surface area contributed by atoms with Crippen molar-refractivity contribution in [2.24, 2.45) is 0 Å². The van der Waals surface area contributed by atoms with Crippen molar-refractivity contribution in [3.05, 3.63) is 48.3 Å². The number of aromatic nitrogens is 2. The Morgan fingerprint density at radius 3 is 2.41 bits per heavy atom. The molecule has 1 aliphatic rings. The molecule has 1 saturated heterocycles. The molecule has 0 bridgehead atoms. The van der Waals surface area contributed by atoms with Crippen LogP contribution in [0.3, 0.4) is 0 Å². The minimum Gasteiger partial charge on any atom is -0.353 e. The zero-order valence-electron chi connectivity index (χ0n) is 15.9. The van der Waals surface area contributed by atoms with Gasteiger partial charge in [-0.15, -0.1) is 0 Å². The van der Waals surface area contributed by atoms with Crippen LogP contribution < -0.4 is 15.1 Å². The summed E-state index contributed by atoms with van der Waals surface area (Å²) in [6, 6.07) is 9.84. The molecule has 0 radical (unpaired) electrons. The summed E-state index contributed by atoms with van der Waals surface area (Å²) in [7, 11) is -2.99. The highest BCUT2D eigenvalue weighted by atomic mass is 32.2. The summed E-state index contributed by atoms with van der Waals surface area (Å²) in [4.78, 5) is 13.6. The Hall–Kier alpha value is -2.19. The summed E-state index contributed by atoms with van der Waals surface area (Å²) in [6.07, 6.45) is 4.90. The van der Waals surface area contributed by atoms with Gasteiger partial charge in [-0.25, -0.2) is 18.4 Å². The predicted octanol–water partition coefficient (Wildman–Crippen LogP) is 1.33. The van der Waals surface area contributed by atoms with E-state index in [0.717, 1.165) is 43.4 Å². The molecule has 27 heavy (non-hydrogen) atoms. The van der Waals surface area contributed by atoms with Gasteiger partial charge < -0.3 is 15.1 Å². The van der Waals surface area contributed by atoms with Crippen molar-refractivity contribution in [1.29, 1.82) is 0 Å². The van der Waals surface area contributed by atoms with Crippen molar-refractivity contribution in [2.75, 3.05) is 48.0 Å².